The molecule has 40 heavy (non-hydrogen) atoms. The molecule has 0 amide bonds. The average Bonchev–Trinajstić information content (AvgIpc) is 3.54. The van der Waals surface area contributed by atoms with Gasteiger partial charge in [0.2, 0.25) is 0 Å². The molecule has 1 heteroatoms. The molecule has 0 bridgehead atoms. The lowest BCUT2D eigenvalue weighted by atomic mass is 9.83. The number of rotatable bonds is 1. The third-order valence-corrected chi connectivity index (χ3v) is 9.17. The molecule has 2 aliphatic carbocycles. The number of nitrogens with zero attached hydrogens (tertiary/aromatic N) is 1. The summed E-state index contributed by atoms with van der Waals surface area (Å²) >= 11 is 0. The second-order valence-electron chi connectivity index (χ2n) is 11.0. The van der Waals surface area contributed by atoms with Gasteiger partial charge in [-0.3, -0.25) is 4.98 Å². The Morgan fingerprint density at radius 1 is 0.300 bits per heavy atom. The van der Waals surface area contributed by atoms with Crippen molar-refractivity contribution in [3.05, 3.63) is 128 Å². The van der Waals surface area contributed by atoms with Crippen molar-refractivity contribution in [2.75, 3.05) is 0 Å². The standard InChI is InChI=1S/C39H21N/c1-2-11-23-22(10-1)24-16-7-18-31-34(24)33(23)25-12-3-4-13-26(25)35(31)36-27-14-5-6-15-28(27)38-37-29(17-8-19-32(36)37)30-20-9-21-40-39(30)38/h1-21H. The number of benzene rings is 7. The van der Waals surface area contributed by atoms with Gasteiger partial charge in [-0.25, -0.2) is 0 Å². The summed E-state index contributed by atoms with van der Waals surface area (Å²) < 4.78 is 0. The molecule has 182 valence electrons. The van der Waals surface area contributed by atoms with Crippen molar-refractivity contribution < 1.29 is 0 Å². The summed E-state index contributed by atoms with van der Waals surface area (Å²) in [4.78, 5) is 4.91. The van der Waals surface area contributed by atoms with Gasteiger partial charge in [-0.05, 0) is 82.7 Å². The van der Waals surface area contributed by atoms with Crippen molar-refractivity contribution in [3.8, 4) is 55.8 Å². The number of hydrogen-bond acceptors (Lipinski definition) is 1. The van der Waals surface area contributed by atoms with Crippen LogP contribution in [0.2, 0.25) is 0 Å². The van der Waals surface area contributed by atoms with Gasteiger partial charge in [0, 0.05) is 22.7 Å². The fraction of sp³-hybridized carbons (Fsp3) is 0. The second-order valence-corrected chi connectivity index (χ2v) is 11.0. The second kappa shape index (κ2) is 7.22. The van der Waals surface area contributed by atoms with E-state index in [9.17, 15) is 0 Å². The van der Waals surface area contributed by atoms with Crippen LogP contribution in [0.5, 0.6) is 0 Å². The minimum absolute atomic E-state index is 1.09. The molecule has 1 nitrogen and oxygen atoms in total. The summed E-state index contributed by atoms with van der Waals surface area (Å²) in [7, 11) is 0. The van der Waals surface area contributed by atoms with E-state index in [1.54, 1.807) is 0 Å². The molecule has 0 N–H and O–H groups in total. The van der Waals surface area contributed by atoms with Crippen molar-refractivity contribution >= 4 is 43.1 Å². The van der Waals surface area contributed by atoms with Gasteiger partial charge in [0.05, 0.1) is 5.69 Å². The predicted molar refractivity (Wildman–Crippen MR) is 169 cm³/mol. The lowest BCUT2D eigenvalue weighted by molar-refractivity contribution is 1.35. The summed E-state index contributed by atoms with van der Waals surface area (Å²) in [6.45, 7) is 0. The number of aromatic nitrogens is 1. The van der Waals surface area contributed by atoms with E-state index in [0.717, 1.165) is 5.69 Å². The first-order chi connectivity index (χ1) is 19.9. The Labute approximate surface area is 231 Å². The molecule has 7 aromatic carbocycles. The van der Waals surface area contributed by atoms with Crippen LogP contribution in [0.25, 0.3) is 98.9 Å². The topological polar surface area (TPSA) is 12.9 Å². The maximum atomic E-state index is 4.91. The van der Waals surface area contributed by atoms with Crippen LogP contribution in [0.4, 0.5) is 0 Å². The van der Waals surface area contributed by atoms with Gasteiger partial charge in [0.25, 0.3) is 0 Å². The van der Waals surface area contributed by atoms with Crippen LogP contribution in [0.3, 0.4) is 0 Å². The molecule has 1 heterocycles. The summed E-state index contributed by atoms with van der Waals surface area (Å²) in [5.74, 6) is 0. The van der Waals surface area contributed by atoms with Gasteiger partial charge in [-0.2, -0.15) is 0 Å². The van der Waals surface area contributed by atoms with E-state index in [1.807, 2.05) is 6.20 Å². The predicted octanol–water partition coefficient (Wildman–Crippen LogP) is 10.7. The third kappa shape index (κ3) is 2.34. The van der Waals surface area contributed by atoms with Crippen molar-refractivity contribution in [1.29, 1.82) is 0 Å². The van der Waals surface area contributed by atoms with Gasteiger partial charge in [-0.1, -0.05) is 115 Å². The van der Waals surface area contributed by atoms with Crippen LogP contribution < -0.4 is 0 Å². The first-order valence-corrected chi connectivity index (χ1v) is 13.9. The zero-order valence-corrected chi connectivity index (χ0v) is 21.6. The minimum atomic E-state index is 1.09. The molecule has 0 fully saturated rings. The molecule has 8 aromatic rings. The molecule has 1 aromatic heterocycles. The number of fused-ring (bicyclic) bond motifs is 10. The van der Waals surface area contributed by atoms with E-state index in [4.69, 9.17) is 4.98 Å². The monoisotopic (exact) mass is 503 g/mol. The largest absolute Gasteiger partial charge is 0.256 e. The van der Waals surface area contributed by atoms with Crippen molar-refractivity contribution in [2.45, 2.75) is 0 Å². The van der Waals surface area contributed by atoms with Crippen molar-refractivity contribution in [1.82, 2.24) is 4.98 Å². The fourth-order valence-corrected chi connectivity index (χ4v) is 7.73. The Morgan fingerprint density at radius 3 is 1.43 bits per heavy atom. The number of pyridine rings is 1. The van der Waals surface area contributed by atoms with E-state index in [0.29, 0.717) is 0 Å². The Kier molecular flexibility index (Phi) is 3.73. The zero-order chi connectivity index (χ0) is 25.9. The highest BCUT2D eigenvalue weighted by Crippen LogP contribution is 2.57. The molecule has 0 radical (unpaired) electrons. The molecule has 10 rings (SSSR count). The molecule has 0 unspecified atom stereocenters. The molecular formula is C39H21N. The summed E-state index contributed by atoms with van der Waals surface area (Å²) in [6.07, 6.45) is 1.92. The van der Waals surface area contributed by atoms with E-state index in [2.05, 4.69) is 121 Å². The Balaban J connectivity index is 1.49. The third-order valence-electron chi connectivity index (χ3n) is 9.17. The van der Waals surface area contributed by atoms with Gasteiger partial charge < -0.3 is 0 Å². The minimum Gasteiger partial charge on any atom is -0.256 e. The Bertz CT molecular complexity index is 2260. The average molecular weight is 504 g/mol. The van der Waals surface area contributed by atoms with E-state index < -0.39 is 0 Å². The lowest BCUT2D eigenvalue weighted by Gasteiger charge is -2.20. The van der Waals surface area contributed by atoms with Crippen molar-refractivity contribution in [2.24, 2.45) is 0 Å². The highest BCUT2D eigenvalue weighted by Gasteiger charge is 2.30. The Hall–Kier alpha value is -5.27. The molecule has 0 saturated carbocycles. The molecule has 0 saturated heterocycles. The summed E-state index contributed by atoms with van der Waals surface area (Å²) in [5.41, 5.74) is 12.9. The van der Waals surface area contributed by atoms with Gasteiger partial charge in [0.15, 0.2) is 0 Å². The molecule has 0 spiro atoms. The van der Waals surface area contributed by atoms with Crippen molar-refractivity contribution in [3.63, 3.8) is 0 Å². The van der Waals surface area contributed by atoms with Gasteiger partial charge >= 0.3 is 0 Å². The fourth-order valence-electron chi connectivity index (χ4n) is 7.73. The summed E-state index contributed by atoms with van der Waals surface area (Å²) in [6, 6.07) is 44.8. The van der Waals surface area contributed by atoms with Crippen LogP contribution in [-0.4, -0.2) is 4.98 Å². The van der Waals surface area contributed by atoms with Crippen LogP contribution >= 0.6 is 0 Å². The maximum Gasteiger partial charge on any atom is 0.0793 e. The molecular weight excluding hydrogens is 482 g/mol. The summed E-state index contributed by atoms with van der Waals surface area (Å²) in [5, 5.41) is 10.5. The SMILES string of the molecule is c1ccc2c(c1)-c1cccc3c(-c4c5ccccc5c5c6c(cccc46)-c4cccnc4-5)c4ccccc4c-2c13. The Morgan fingerprint density at radius 2 is 0.750 bits per heavy atom. The van der Waals surface area contributed by atoms with Crippen LogP contribution in [0, 0.1) is 0 Å². The maximum absolute atomic E-state index is 4.91. The van der Waals surface area contributed by atoms with Crippen LogP contribution in [0.1, 0.15) is 0 Å². The van der Waals surface area contributed by atoms with Crippen LogP contribution in [0.15, 0.2) is 128 Å². The van der Waals surface area contributed by atoms with E-state index in [1.165, 1.54) is 93.2 Å². The first-order valence-electron chi connectivity index (χ1n) is 13.9. The van der Waals surface area contributed by atoms with E-state index >= 15 is 0 Å². The highest BCUT2D eigenvalue weighted by molar-refractivity contribution is 6.35. The zero-order valence-electron chi connectivity index (χ0n) is 21.6. The molecule has 0 atom stereocenters. The van der Waals surface area contributed by atoms with E-state index in [-0.39, 0.29) is 0 Å². The quantitative estimate of drug-likeness (QED) is 0.203. The molecule has 0 aliphatic heterocycles. The normalized spacial score (nSPS) is 12.5. The number of hydrogen-bond donors (Lipinski definition) is 0. The van der Waals surface area contributed by atoms with Gasteiger partial charge in [-0.15, -0.1) is 0 Å². The smallest absolute Gasteiger partial charge is 0.0793 e. The molecule has 2 aliphatic rings. The van der Waals surface area contributed by atoms with Crippen LogP contribution in [-0.2, 0) is 0 Å². The first kappa shape index (κ1) is 20.7. The van der Waals surface area contributed by atoms with Gasteiger partial charge in [0.1, 0.15) is 0 Å². The highest BCUT2D eigenvalue weighted by atomic mass is 14.7. The lowest BCUT2D eigenvalue weighted by Crippen LogP contribution is -1.92.